The maximum absolute atomic E-state index is 11.7. The van der Waals surface area contributed by atoms with Crippen molar-refractivity contribution >= 4 is 5.91 Å². The fourth-order valence-electron chi connectivity index (χ4n) is 1.29. The topological polar surface area (TPSA) is 81.6 Å². The number of rotatable bonds is 8. The highest BCUT2D eigenvalue weighted by Crippen LogP contribution is 1.97. The van der Waals surface area contributed by atoms with Crippen LogP contribution < -0.4 is 10.6 Å². The molecule has 1 amide bonds. The van der Waals surface area contributed by atoms with Crippen LogP contribution in [0.4, 0.5) is 0 Å². The molecule has 96 valence electrons. The summed E-state index contributed by atoms with van der Waals surface area (Å²) in [5.74, 6) is -0.0705. The SMILES string of the molecule is CCC(CC)NC(=O)C(C)NCC(O)CO. The van der Waals surface area contributed by atoms with Gasteiger partial charge in [0.05, 0.1) is 18.8 Å². The third kappa shape index (κ3) is 6.05. The maximum Gasteiger partial charge on any atom is 0.237 e. The van der Waals surface area contributed by atoms with Crippen LogP contribution >= 0.6 is 0 Å². The Hall–Kier alpha value is -0.650. The minimum atomic E-state index is -0.816. The largest absolute Gasteiger partial charge is 0.394 e. The van der Waals surface area contributed by atoms with Crippen molar-refractivity contribution in [3.63, 3.8) is 0 Å². The van der Waals surface area contributed by atoms with E-state index in [4.69, 9.17) is 10.2 Å². The highest BCUT2D eigenvalue weighted by molar-refractivity contribution is 5.81. The maximum atomic E-state index is 11.7. The monoisotopic (exact) mass is 232 g/mol. The summed E-state index contributed by atoms with van der Waals surface area (Å²) in [4.78, 5) is 11.7. The second-order valence-electron chi connectivity index (χ2n) is 3.99. The molecule has 0 aromatic rings. The van der Waals surface area contributed by atoms with Crippen molar-refractivity contribution in [2.45, 2.75) is 51.8 Å². The zero-order chi connectivity index (χ0) is 12.6. The predicted octanol–water partition coefficient (Wildman–Crippen LogP) is -0.377. The third-order valence-electron chi connectivity index (χ3n) is 2.60. The molecule has 0 saturated heterocycles. The number of aliphatic hydroxyl groups excluding tert-OH is 2. The van der Waals surface area contributed by atoms with Crippen LogP contribution in [0.25, 0.3) is 0 Å². The first-order valence-electron chi connectivity index (χ1n) is 5.87. The Balaban J connectivity index is 3.89. The molecule has 0 rings (SSSR count). The van der Waals surface area contributed by atoms with Gasteiger partial charge in [-0.25, -0.2) is 0 Å². The molecule has 0 fully saturated rings. The summed E-state index contributed by atoms with van der Waals surface area (Å²) in [6.45, 7) is 5.72. The Bertz CT molecular complexity index is 196. The molecule has 0 aromatic carbocycles. The Morgan fingerprint density at radius 2 is 1.88 bits per heavy atom. The number of hydrogen-bond acceptors (Lipinski definition) is 4. The Morgan fingerprint density at radius 1 is 1.31 bits per heavy atom. The van der Waals surface area contributed by atoms with Crippen LogP contribution in [0.15, 0.2) is 0 Å². The van der Waals surface area contributed by atoms with E-state index in [1.54, 1.807) is 6.92 Å². The number of aliphatic hydroxyl groups is 2. The van der Waals surface area contributed by atoms with E-state index in [1.165, 1.54) is 0 Å². The minimum absolute atomic E-state index is 0.0705. The van der Waals surface area contributed by atoms with E-state index < -0.39 is 6.10 Å². The summed E-state index contributed by atoms with van der Waals surface area (Å²) in [5, 5.41) is 23.5. The molecule has 16 heavy (non-hydrogen) atoms. The lowest BCUT2D eigenvalue weighted by atomic mass is 10.1. The van der Waals surface area contributed by atoms with Gasteiger partial charge in [-0.3, -0.25) is 4.79 Å². The fourth-order valence-corrected chi connectivity index (χ4v) is 1.29. The highest BCUT2D eigenvalue weighted by Gasteiger charge is 2.16. The number of nitrogens with one attached hydrogen (secondary N) is 2. The molecule has 2 unspecified atom stereocenters. The molecule has 5 heteroatoms. The predicted molar refractivity (Wildman–Crippen MR) is 63.1 cm³/mol. The van der Waals surface area contributed by atoms with Crippen molar-refractivity contribution in [1.29, 1.82) is 0 Å². The van der Waals surface area contributed by atoms with Crippen molar-refractivity contribution < 1.29 is 15.0 Å². The zero-order valence-corrected chi connectivity index (χ0v) is 10.4. The van der Waals surface area contributed by atoms with Crippen molar-refractivity contribution in [3.8, 4) is 0 Å². The van der Waals surface area contributed by atoms with E-state index in [2.05, 4.69) is 10.6 Å². The van der Waals surface area contributed by atoms with Gasteiger partial charge in [-0.05, 0) is 19.8 Å². The molecule has 5 nitrogen and oxygen atoms in total. The molecule has 0 heterocycles. The van der Waals surface area contributed by atoms with Gasteiger partial charge < -0.3 is 20.8 Å². The van der Waals surface area contributed by atoms with Gasteiger partial charge in [0.1, 0.15) is 0 Å². The summed E-state index contributed by atoms with van der Waals surface area (Å²) in [7, 11) is 0. The fraction of sp³-hybridized carbons (Fsp3) is 0.909. The van der Waals surface area contributed by atoms with Crippen molar-refractivity contribution in [2.24, 2.45) is 0 Å². The Kier molecular flexibility index (Phi) is 8.15. The van der Waals surface area contributed by atoms with Gasteiger partial charge in [-0.15, -0.1) is 0 Å². The molecular weight excluding hydrogens is 208 g/mol. The van der Waals surface area contributed by atoms with Gasteiger partial charge in [0.15, 0.2) is 0 Å². The molecule has 0 saturated carbocycles. The molecule has 0 spiro atoms. The second-order valence-corrected chi connectivity index (χ2v) is 3.99. The lowest BCUT2D eigenvalue weighted by Crippen LogP contribution is -2.48. The highest BCUT2D eigenvalue weighted by atomic mass is 16.3. The second kappa shape index (κ2) is 8.50. The van der Waals surface area contributed by atoms with Gasteiger partial charge in [0.25, 0.3) is 0 Å². The van der Waals surface area contributed by atoms with Crippen LogP contribution in [0.2, 0.25) is 0 Å². The zero-order valence-electron chi connectivity index (χ0n) is 10.4. The van der Waals surface area contributed by atoms with E-state index in [0.29, 0.717) is 0 Å². The quantitative estimate of drug-likeness (QED) is 0.460. The van der Waals surface area contributed by atoms with Gasteiger partial charge in [-0.2, -0.15) is 0 Å². The van der Waals surface area contributed by atoms with Crippen LogP contribution in [0.5, 0.6) is 0 Å². The van der Waals surface area contributed by atoms with E-state index in [0.717, 1.165) is 12.8 Å². The number of hydrogen-bond donors (Lipinski definition) is 4. The van der Waals surface area contributed by atoms with Crippen LogP contribution in [0, 0.1) is 0 Å². The van der Waals surface area contributed by atoms with Gasteiger partial charge >= 0.3 is 0 Å². The van der Waals surface area contributed by atoms with Gasteiger partial charge in [-0.1, -0.05) is 13.8 Å². The van der Waals surface area contributed by atoms with Gasteiger partial charge in [0.2, 0.25) is 5.91 Å². The summed E-state index contributed by atoms with van der Waals surface area (Å²) >= 11 is 0. The first kappa shape index (κ1) is 15.3. The molecule has 2 atom stereocenters. The van der Waals surface area contributed by atoms with Crippen LogP contribution in [0.3, 0.4) is 0 Å². The van der Waals surface area contributed by atoms with Crippen molar-refractivity contribution in [3.05, 3.63) is 0 Å². The van der Waals surface area contributed by atoms with E-state index >= 15 is 0 Å². The molecule has 0 radical (unpaired) electrons. The molecule has 0 aliphatic heterocycles. The number of amides is 1. The van der Waals surface area contributed by atoms with E-state index in [9.17, 15) is 4.79 Å². The Morgan fingerprint density at radius 3 is 2.31 bits per heavy atom. The third-order valence-corrected chi connectivity index (χ3v) is 2.60. The summed E-state index contributed by atoms with van der Waals surface area (Å²) in [6.07, 6.45) is 1.01. The molecule has 0 aliphatic carbocycles. The minimum Gasteiger partial charge on any atom is -0.394 e. The normalized spacial score (nSPS) is 14.9. The van der Waals surface area contributed by atoms with Crippen LogP contribution in [0.1, 0.15) is 33.6 Å². The lowest BCUT2D eigenvalue weighted by molar-refractivity contribution is -0.123. The van der Waals surface area contributed by atoms with E-state index in [-0.39, 0.29) is 31.1 Å². The molecular formula is C11H24N2O3. The summed E-state index contributed by atoms with van der Waals surface area (Å²) < 4.78 is 0. The summed E-state index contributed by atoms with van der Waals surface area (Å²) in [5.41, 5.74) is 0. The Labute approximate surface area is 97.2 Å². The first-order chi connectivity index (χ1) is 7.54. The first-order valence-corrected chi connectivity index (χ1v) is 5.87. The number of carbonyl (C=O) groups excluding carboxylic acids is 1. The van der Waals surface area contributed by atoms with Crippen LogP contribution in [-0.4, -0.2) is 47.5 Å². The smallest absolute Gasteiger partial charge is 0.237 e. The molecule has 0 aliphatic rings. The standard InChI is InChI=1S/C11H24N2O3/c1-4-9(5-2)13-11(16)8(3)12-6-10(15)7-14/h8-10,12,14-15H,4-7H2,1-3H3,(H,13,16). The van der Waals surface area contributed by atoms with Gasteiger partial charge in [0, 0.05) is 12.6 Å². The molecule has 0 bridgehead atoms. The number of carbonyl (C=O) groups is 1. The lowest BCUT2D eigenvalue weighted by Gasteiger charge is -2.20. The molecule has 0 aromatic heterocycles. The average molecular weight is 232 g/mol. The molecule has 4 N–H and O–H groups in total. The van der Waals surface area contributed by atoms with Crippen molar-refractivity contribution in [1.82, 2.24) is 10.6 Å². The average Bonchev–Trinajstić information content (AvgIpc) is 2.31. The van der Waals surface area contributed by atoms with Crippen molar-refractivity contribution in [2.75, 3.05) is 13.2 Å². The summed E-state index contributed by atoms with van der Waals surface area (Å²) in [6, 6.07) is -0.152. The van der Waals surface area contributed by atoms with Crippen LogP contribution in [-0.2, 0) is 4.79 Å². The van der Waals surface area contributed by atoms with E-state index in [1.807, 2.05) is 13.8 Å².